The van der Waals surface area contributed by atoms with Gasteiger partial charge in [0, 0.05) is 18.8 Å². The van der Waals surface area contributed by atoms with Gasteiger partial charge in [0.05, 0.1) is 16.8 Å². The van der Waals surface area contributed by atoms with Gasteiger partial charge in [0.25, 0.3) is 0 Å². The number of rotatable bonds is 6. The molecule has 1 N–H and O–H groups in total. The van der Waals surface area contributed by atoms with E-state index in [9.17, 15) is 9.59 Å². The van der Waals surface area contributed by atoms with Crippen LogP contribution in [0, 0.1) is 25.7 Å². The van der Waals surface area contributed by atoms with Crippen LogP contribution in [0.5, 0.6) is 0 Å². The lowest BCUT2D eigenvalue weighted by Gasteiger charge is -2.35. The zero-order chi connectivity index (χ0) is 23.5. The number of imidazole rings is 1. The van der Waals surface area contributed by atoms with Crippen molar-refractivity contribution in [3.63, 3.8) is 0 Å². The average molecular weight is 465 g/mol. The first-order chi connectivity index (χ1) is 15.8. The second-order valence-electron chi connectivity index (χ2n) is 9.30. The van der Waals surface area contributed by atoms with E-state index in [1.165, 1.54) is 11.8 Å². The van der Waals surface area contributed by atoms with E-state index in [1.807, 2.05) is 65.8 Å². The van der Waals surface area contributed by atoms with Gasteiger partial charge >= 0.3 is 0 Å². The van der Waals surface area contributed by atoms with Crippen molar-refractivity contribution in [1.82, 2.24) is 14.5 Å². The Morgan fingerprint density at radius 3 is 2.55 bits per heavy atom. The number of likely N-dealkylation sites (tertiary alicyclic amines) is 1. The molecule has 1 saturated heterocycles. The second-order valence-corrected chi connectivity index (χ2v) is 10.2. The second kappa shape index (κ2) is 10.00. The number of aryl methyl sites for hydroxylation is 1. The summed E-state index contributed by atoms with van der Waals surface area (Å²) in [6.07, 6.45) is 1.16. The molecule has 0 bridgehead atoms. The molecule has 1 aliphatic rings. The molecular weight excluding hydrogens is 432 g/mol. The van der Waals surface area contributed by atoms with Crippen LogP contribution in [0.3, 0.4) is 0 Å². The van der Waals surface area contributed by atoms with Gasteiger partial charge in [0.1, 0.15) is 6.54 Å². The number of carbonyl (C=O) groups is 2. The highest BCUT2D eigenvalue weighted by atomic mass is 32.2. The molecule has 0 unspecified atom stereocenters. The van der Waals surface area contributed by atoms with Crippen LogP contribution in [-0.2, 0) is 16.1 Å². The van der Waals surface area contributed by atoms with Crippen molar-refractivity contribution < 1.29 is 9.59 Å². The number of benzene rings is 2. The normalized spacial score (nSPS) is 18.5. The first kappa shape index (κ1) is 23.4. The number of nitrogens with zero attached hydrogens (tertiary/aromatic N) is 3. The third kappa shape index (κ3) is 5.41. The first-order valence-corrected chi connectivity index (χ1v) is 12.5. The van der Waals surface area contributed by atoms with E-state index < -0.39 is 0 Å². The van der Waals surface area contributed by atoms with Crippen LogP contribution in [0.4, 0.5) is 5.69 Å². The van der Waals surface area contributed by atoms with Crippen LogP contribution in [0.15, 0.2) is 47.6 Å². The third-order valence-corrected chi connectivity index (χ3v) is 7.32. The van der Waals surface area contributed by atoms with Gasteiger partial charge in [-0.15, -0.1) is 0 Å². The molecule has 174 valence electrons. The standard InChI is InChI=1S/C26H32N4O2S/c1-17-12-18(2)14-29(13-17)25(32)15-30-23-11-6-5-9-22(23)28-26(30)33-16-24(31)27-21-10-7-8-19(3)20(21)4/h5-11,17-18H,12-16H2,1-4H3,(H,27,31)/t17-,18-/m1/s1. The molecule has 6 nitrogen and oxygen atoms in total. The molecule has 3 aromatic rings. The van der Waals surface area contributed by atoms with E-state index in [2.05, 4.69) is 19.2 Å². The summed E-state index contributed by atoms with van der Waals surface area (Å²) in [5.41, 5.74) is 4.79. The summed E-state index contributed by atoms with van der Waals surface area (Å²) in [4.78, 5) is 32.6. The number of amides is 2. The molecule has 2 amide bonds. The molecule has 2 heterocycles. The minimum absolute atomic E-state index is 0.0858. The number of anilines is 1. The van der Waals surface area contributed by atoms with E-state index in [0.717, 1.165) is 47.4 Å². The third-order valence-electron chi connectivity index (χ3n) is 6.35. The van der Waals surface area contributed by atoms with Crippen LogP contribution in [0.1, 0.15) is 31.4 Å². The van der Waals surface area contributed by atoms with Crippen LogP contribution >= 0.6 is 11.8 Å². The molecule has 0 radical (unpaired) electrons. The molecule has 2 atom stereocenters. The predicted octanol–water partition coefficient (Wildman–Crippen LogP) is 4.89. The quantitative estimate of drug-likeness (QED) is 0.528. The zero-order valence-corrected chi connectivity index (χ0v) is 20.6. The lowest BCUT2D eigenvalue weighted by atomic mass is 9.92. The van der Waals surface area contributed by atoms with Gasteiger partial charge in [-0.2, -0.15) is 0 Å². The molecule has 33 heavy (non-hydrogen) atoms. The monoisotopic (exact) mass is 464 g/mol. The minimum Gasteiger partial charge on any atom is -0.341 e. The number of carbonyl (C=O) groups excluding carboxylic acids is 2. The van der Waals surface area contributed by atoms with Crippen LogP contribution < -0.4 is 5.32 Å². The number of hydrogen-bond donors (Lipinski definition) is 1. The van der Waals surface area contributed by atoms with E-state index >= 15 is 0 Å². The number of nitrogens with one attached hydrogen (secondary N) is 1. The number of thioether (sulfide) groups is 1. The number of fused-ring (bicyclic) bond motifs is 1. The zero-order valence-electron chi connectivity index (χ0n) is 19.8. The van der Waals surface area contributed by atoms with Gasteiger partial charge in [-0.1, -0.05) is 49.9 Å². The largest absolute Gasteiger partial charge is 0.341 e. The fraction of sp³-hybridized carbons (Fsp3) is 0.423. The number of aromatic nitrogens is 2. The molecule has 1 aliphatic heterocycles. The summed E-state index contributed by atoms with van der Waals surface area (Å²) < 4.78 is 1.96. The smallest absolute Gasteiger partial charge is 0.242 e. The van der Waals surface area contributed by atoms with E-state index in [-0.39, 0.29) is 24.1 Å². The molecule has 2 aromatic carbocycles. The van der Waals surface area contributed by atoms with Gasteiger partial charge < -0.3 is 14.8 Å². The Kier molecular flexibility index (Phi) is 7.08. The number of para-hydroxylation sites is 2. The maximum Gasteiger partial charge on any atom is 0.242 e. The lowest BCUT2D eigenvalue weighted by molar-refractivity contribution is -0.134. The van der Waals surface area contributed by atoms with Gasteiger partial charge in [-0.3, -0.25) is 9.59 Å². The molecule has 1 fully saturated rings. The average Bonchev–Trinajstić information content (AvgIpc) is 3.12. The predicted molar refractivity (Wildman–Crippen MR) is 135 cm³/mol. The lowest BCUT2D eigenvalue weighted by Crippen LogP contribution is -2.44. The van der Waals surface area contributed by atoms with Gasteiger partial charge in [0.2, 0.25) is 11.8 Å². The molecule has 7 heteroatoms. The maximum atomic E-state index is 13.2. The van der Waals surface area contributed by atoms with E-state index in [4.69, 9.17) is 4.98 Å². The van der Waals surface area contributed by atoms with Gasteiger partial charge in [0.15, 0.2) is 5.16 Å². The fourth-order valence-corrected chi connectivity index (χ4v) is 5.44. The van der Waals surface area contributed by atoms with Crippen LogP contribution in [0.25, 0.3) is 11.0 Å². The Hall–Kier alpha value is -2.80. The van der Waals surface area contributed by atoms with Gasteiger partial charge in [-0.05, 0) is 61.4 Å². The van der Waals surface area contributed by atoms with E-state index in [1.54, 1.807) is 0 Å². The summed E-state index contributed by atoms with van der Waals surface area (Å²) >= 11 is 1.37. The van der Waals surface area contributed by atoms with Crippen molar-refractivity contribution in [2.24, 2.45) is 11.8 Å². The van der Waals surface area contributed by atoms with Gasteiger partial charge in [-0.25, -0.2) is 4.98 Å². The molecule has 0 aliphatic carbocycles. The van der Waals surface area contributed by atoms with Crippen molar-refractivity contribution in [3.8, 4) is 0 Å². The molecule has 4 rings (SSSR count). The topological polar surface area (TPSA) is 67.2 Å². The van der Waals surface area contributed by atoms with Crippen LogP contribution in [-0.4, -0.2) is 45.1 Å². The summed E-state index contributed by atoms with van der Waals surface area (Å²) in [5.74, 6) is 1.28. The number of hydrogen-bond acceptors (Lipinski definition) is 4. The molecular formula is C26H32N4O2S. The SMILES string of the molecule is Cc1cccc(NC(=O)CSc2nc3ccccc3n2CC(=O)N2C[C@H](C)C[C@@H](C)C2)c1C. The highest BCUT2D eigenvalue weighted by molar-refractivity contribution is 7.99. The summed E-state index contributed by atoms with van der Waals surface area (Å²) in [6, 6.07) is 13.7. The number of piperidine rings is 1. The molecule has 0 spiro atoms. The van der Waals surface area contributed by atoms with Crippen molar-refractivity contribution >= 4 is 40.3 Å². The Balaban J connectivity index is 1.49. The first-order valence-electron chi connectivity index (χ1n) is 11.5. The summed E-state index contributed by atoms with van der Waals surface area (Å²) in [6.45, 7) is 10.3. The fourth-order valence-electron chi connectivity index (χ4n) is 4.62. The highest BCUT2D eigenvalue weighted by Crippen LogP contribution is 2.26. The van der Waals surface area contributed by atoms with Crippen molar-refractivity contribution in [2.75, 3.05) is 24.2 Å². The minimum atomic E-state index is -0.0858. The van der Waals surface area contributed by atoms with Crippen LogP contribution in [0.2, 0.25) is 0 Å². The Labute approximate surface area is 199 Å². The molecule has 0 saturated carbocycles. The Morgan fingerprint density at radius 2 is 1.79 bits per heavy atom. The summed E-state index contributed by atoms with van der Waals surface area (Å²) in [7, 11) is 0. The Morgan fingerprint density at radius 1 is 1.06 bits per heavy atom. The molecule has 1 aromatic heterocycles. The van der Waals surface area contributed by atoms with E-state index in [0.29, 0.717) is 17.0 Å². The van der Waals surface area contributed by atoms with Crippen molar-refractivity contribution in [2.45, 2.75) is 45.8 Å². The van der Waals surface area contributed by atoms with Crippen molar-refractivity contribution in [3.05, 3.63) is 53.6 Å². The highest BCUT2D eigenvalue weighted by Gasteiger charge is 2.26. The summed E-state index contributed by atoms with van der Waals surface area (Å²) in [5, 5.41) is 3.70. The van der Waals surface area contributed by atoms with Crippen molar-refractivity contribution in [1.29, 1.82) is 0 Å². The Bertz CT molecular complexity index is 1160. The maximum absolute atomic E-state index is 13.2.